The lowest BCUT2D eigenvalue weighted by Gasteiger charge is -2.34. The molecule has 0 aliphatic carbocycles. The average molecular weight is 499 g/mol. The largest absolute Gasteiger partial charge is 0.495 e. The highest BCUT2D eigenvalue weighted by molar-refractivity contribution is 6.13. The van der Waals surface area contributed by atoms with Crippen LogP contribution in [0, 0.1) is 11.3 Å². The molecule has 12 heteroatoms. The number of nitriles is 1. The quantitative estimate of drug-likeness (QED) is 0.549. The molecule has 0 saturated heterocycles. The Morgan fingerprint density at radius 3 is 2.61 bits per heavy atom. The SMILES string of the molecule is COc1ccc(C(=O)Nc2cnn3c2C(=O)N(c2ccc(OCC(F)(F)F)cc2)C(C)C3)cc1C#N. The van der Waals surface area contributed by atoms with Crippen molar-refractivity contribution in [3.8, 4) is 17.6 Å². The molecular weight excluding hydrogens is 479 g/mol. The van der Waals surface area contributed by atoms with Gasteiger partial charge in [-0.3, -0.25) is 14.3 Å². The Morgan fingerprint density at radius 1 is 1.25 bits per heavy atom. The zero-order valence-electron chi connectivity index (χ0n) is 19.2. The number of fused-ring (bicyclic) bond motifs is 1. The van der Waals surface area contributed by atoms with Gasteiger partial charge in [-0.2, -0.15) is 23.5 Å². The van der Waals surface area contributed by atoms with E-state index in [9.17, 15) is 28.0 Å². The topological polar surface area (TPSA) is 109 Å². The lowest BCUT2D eigenvalue weighted by atomic mass is 10.1. The minimum Gasteiger partial charge on any atom is -0.495 e. The van der Waals surface area contributed by atoms with Crippen LogP contribution in [0.1, 0.15) is 33.3 Å². The third kappa shape index (κ3) is 4.95. The van der Waals surface area contributed by atoms with Crippen molar-refractivity contribution in [3.05, 3.63) is 65.5 Å². The van der Waals surface area contributed by atoms with Crippen LogP contribution in [0.4, 0.5) is 24.5 Å². The number of hydrogen-bond donors (Lipinski definition) is 1. The third-order valence-corrected chi connectivity index (χ3v) is 5.49. The van der Waals surface area contributed by atoms with Crippen LogP contribution < -0.4 is 19.7 Å². The number of nitrogens with zero attached hydrogens (tertiary/aromatic N) is 4. The summed E-state index contributed by atoms with van der Waals surface area (Å²) in [5.74, 6) is -0.652. The second-order valence-electron chi connectivity index (χ2n) is 7.99. The normalized spacial score (nSPS) is 15.2. The van der Waals surface area contributed by atoms with Crippen molar-refractivity contribution in [3.63, 3.8) is 0 Å². The number of halogens is 3. The first-order chi connectivity index (χ1) is 17.1. The van der Waals surface area contributed by atoms with Crippen molar-refractivity contribution in [2.45, 2.75) is 25.7 Å². The Bertz CT molecular complexity index is 1350. The first-order valence-electron chi connectivity index (χ1n) is 10.7. The van der Waals surface area contributed by atoms with Crippen LogP contribution in [0.2, 0.25) is 0 Å². The van der Waals surface area contributed by atoms with E-state index in [-0.39, 0.29) is 34.3 Å². The van der Waals surface area contributed by atoms with Crippen molar-refractivity contribution in [2.24, 2.45) is 0 Å². The molecule has 1 unspecified atom stereocenters. The molecule has 3 aromatic rings. The van der Waals surface area contributed by atoms with Crippen molar-refractivity contribution in [1.29, 1.82) is 5.26 Å². The van der Waals surface area contributed by atoms with Gasteiger partial charge in [0, 0.05) is 11.3 Å². The maximum Gasteiger partial charge on any atom is 0.422 e. The van der Waals surface area contributed by atoms with Gasteiger partial charge in [-0.05, 0) is 49.4 Å². The van der Waals surface area contributed by atoms with Gasteiger partial charge in [0.05, 0.1) is 37.1 Å². The molecule has 1 aromatic heterocycles. The fraction of sp³-hybridized carbons (Fsp3) is 0.250. The molecule has 0 spiro atoms. The van der Waals surface area contributed by atoms with E-state index in [1.807, 2.05) is 6.07 Å². The number of amides is 2. The van der Waals surface area contributed by atoms with Gasteiger partial charge in [0.2, 0.25) is 0 Å². The van der Waals surface area contributed by atoms with Gasteiger partial charge in [-0.1, -0.05) is 0 Å². The van der Waals surface area contributed by atoms with Gasteiger partial charge in [-0.25, -0.2) is 0 Å². The Hall–Kier alpha value is -4.53. The number of nitrogens with one attached hydrogen (secondary N) is 1. The number of methoxy groups -OCH3 is 1. The van der Waals surface area contributed by atoms with Crippen LogP contribution in [-0.2, 0) is 6.54 Å². The standard InChI is InChI=1S/C24H20F3N5O4/c1-14-12-31-21(23(34)32(14)17-4-6-18(7-5-17)36-13-24(25,26)27)19(11-29-31)30-22(33)15-3-8-20(35-2)16(9-15)10-28/h3-9,11,14H,12-13H2,1-2H3,(H,30,33). The third-order valence-electron chi connectivity index (χ3n) is 5.49. The smallest absolute Gasteiger partial charge is 0.422 e. The Balaban J connectivity index is 1.56. The lowest BCUT2D eigenvalue weighted by Crippen LogP contribution is -2.47. The number of ether oxygens (including phenoxy) is 2. The Labute approximate surface area is 203 Å². The number of anilines is 2. The summed E-state index contributed by atoms with van der Waals surface area (Å²) in [5, 5.41) is 16.1. The molecule has 36 heavy (non-hydrogen) atoms. The Kier molecular flexibility index (Phi) is 6.57. The summed E-state index contributed by atoms with van der Waals surface area (Å²) in [5.41, 5.74) is 1.15. The van der Waals surface area contributed by atoms with Gasteiger partial charge in [-0.15, -0.1) is 0 Å². The number of carbonyl (C=O) groups is 2. The first kappa shape index (κ1) is 24.6. The minimum absolute atomic E-state index is 0.0161. The van der Waals surface area contributed by atoms with E-state index in [1.54, 1.807) is 6.92 Å². The van der Waals surface area contributed by atoms with E-state index in [4.69, 9.17) is 9.47 Å². The molecule has 1 aliphatic heterocycles. The van der Waals surface area contributed by atoms with Crippen molar-refractivity contribution < 1.29 is 32.2 Å². The van der Waals surface area contributed by atoms with Gasteiger partial charge < -0.3 is 19.7 Å². The number of rotatable bonds is 6. The maximum atomic E-state index is 13.4. The average Bonchev–Trinajstić information content (AvgIpc) is 3.24. The Morgan fingerprint density at radius 2 is 1.97 bits per heavy atom. The summed E-state index contributed by atoms with van der Waals surface area (Å²) in [6, 6.07) is 11.7. The highest BCUT2D eigenvalue weighted by Crippen LogP contribution is 2.31. The molecule has 186 valence electrons. The maximum absolute atomic E-state index is 13.4. The van der Waals surface area contributed by atoms with E-state index in [0.717, 1.165) is 0 Å². The molecule has 4 rings (SSSR count). The zero-order valence-corrected chi connectivity index (χ0v) is 19.2. The number of aromatic nitrogens is 2. The molecule has 2 aromatic carbocycles. The van der Waals surface area contributed by atoms with Gasteiger partial charge in [0.25, 0.3) is 11.8 Å². The van der Waals surface area contributed by atoms with Gasteiger partial charge >= 0.3 is 6.18 Å². The summed E-state index contributed by atoms with van der Waals surface area (Å²) < 4.78 is 48.5. The number of benzene rings is 2. The van der Waals surface area contributed by atoms with E-state index in [2.05, 4.69) is 10.4 Å². The summed E-state index contributed by atoms with van der Waals surface area (Å²) in [4.78, 5) is 27.7. The van der Waals surface area contributed by atoms with E-state index in [1.165, 1.54) is 65.4 Å². The van der Waals surface area contributed by atoms with Gasteiger partial charge in [0.1, 0.15) is 23.3 Å². The van der Waals surface area contributed by atoms with Crippen LogP contribution in [0.25, 0.3) is 0 Å². The molecule has 0 radical (unpaired) electrons. The van der Waals surface area contributed by atoms with Crippen molar-refractivity contribution in [2.75, 3.05) is 23.9 Å². The summed E-state index contributed by atoms with van der Waals surface area (Å²) >= 11 is 0. The molecule has 2 amide bonds. The second kappa shape index (κ2) is 9.61. The first-order valence-corrected chi connectivity index (χ1v) is 10.7. The van der Waals surface area contributed by atoms with Crippen molar-refractivity contribution >= 4 is 23.2 Å². The highest BCUT2D eigenvalue weighted by Gasteiger charge is 2.35. The van der Waals surface area contributed by atoms with Crippen LogP contribution in [0.5, 0.6) is 11.5 Å². The van der Waals surface area contributed by atoms with Crippen LogP contribution in [0.3, 0.4) is 0 Å². The van der Waals surface area contributed by atoms with Gasteiger partial charge in [0.15, 0.2) is 6.61 Å². The number of carbonyl (C=O) groups excluding carboxylic acids is 2. The highest BCUT2D eigenvalue weighted by atomic mass is 19.4. The predicted molar refractivity (Wildman–Crippen MR) is 122 cm³/mol. The summed E-state index contributed by atoms with van der Waals surface area (Å²) in [7, 11) is 1.41. The molecule has 0 saturated carbocycles. The molecule has 0 fully saturated rings. The van der Waals surface area contributed by atoms with Crippen molar-refractivity contribution in [1.82, 2.24) is 9.78 Å². The molecular formula is C24H20F3N5O4. The fourth-order valence-corrected chi connectivity index (χ4v) is 3.86. The molecule has 2 heterocycles. The molecule has 1 atom stereocenters. The fourth-order valence-electron chi connectivity index (χ4n) is 3.86. The summed E-state index contributed by atoms with van der Waals surface area (Å²) in [6.07, 6.45) is -3.10. The number of alkyl halides is 3. The predicted octanol–water partition coefficient (Wildman–Crippen LogP) is 4.01. The van der Waals surface area contributed by atoms with Crippen LogP contribution >= 0.6 is 0 Å². The molecule has 0 bridgehead atoms. The van der Waals surface area contributed by atoms with E-state index in [0.29, 0.717) is 18.0 Å². The summed E-state index contributed by atoms with van der Waals surface area (Å²) in [6.45, 7) is 0.706. The second-order valence-corrected chi connectivity index (χ2v) is 7.99. The zero-order chi connectivity index (χ0) is 26.0. The number of hydrogen-bond acceptors (Lipinski definition) is 6. The van der Waals surface area contributed by atoms with E-state index < -0.39 is 24.6 Å². The molecule has 1 N–H and O–H groups in total. The van der Waals surface area contributed by atoms with Crippen LogP contribution in [0.15, 0.2) is 48.7 Å². The van der Waals surface area contributed by atoms with E-state index >= 15 is 0 Å². The lowest BCUT2D eigenvalue weighted by molar-refractivity contribution is -0.153. The monoisotopic (exact) mass is 499 g/mol. The van der Waals surface area contributed by atoms with Crippen LogP contribution in [-0.4, -0.2) is 47.5 Å². The molecule has 1 aliphatic rings. The molecule has 9 nitrogen and oxygen atoms in total. The minimum atomic E-state index is -4.46.